The number of nitrogens with one attached hydrogen (secondary N) is 1. The van der Waals surface area contributed by atoms with Crippen molar-refractivity contribution < 1.29 is 5.11 Å². The molecule has 1 aliphatic rings. The second-order valence-electron chi connectivity index (χ2n) is 6.85. The molecule has 0 radical (unpaired) electrons. The zero-order valence-corrected chi connectivity index (χ0v) is 14.1. The summed E-state index contributed by atoms with van der Waals surface area (Å²) in [6.07, 6.45) is 6.50. The van der Waals surface area contributed by atoms with E-state index < -0.39 is 0 Å². The number of hydrogen-bond donors (Lipinski definition) is 2. The summed E-state index contributed by atoms with van der Waals surface area (Å²) >= 11 is 0. The van der Waals surface area contributed by atoms with Gasteiger partial charge in [-0.05, 0) is 57.0 Å². The largest absolute Gasteiger partial charge is 0.395 e. The van der Waals surface area contributed by atoms with Gasteiger partial charge in [-0.1, -0.05) is 27.2 Å². The molecule has 0 bridgehead atoms. The van der Waals surface area contributed by atoms with Crippen molar-refractivity contribution in [2.45, 2.75) is 58.9 Å². The summed E-state index contributed by atoms with van der Waals surface area (Å²) in [6.45, 7) is 10.4. The first-order chi connectivity index (χ1) is 9.62. The minimum absolute atomic E-state index is 0.286. The number of hydrogen-bond acceptors (Lipinski definition) is 3. The van der Waals surface area contributed by atoms with E-state index >= 15 is 0 Å². The highest BCUT2D eigenvalue weighted by atomic mass is 16.3. The van der Waals surface area contributed by atoms with Crippen LogP contribution in [0.15, 0.2) is 0 Å². The molecule has 0 aliphatic heterocycles. The highest BCUT2D eigenvalue weighted by Crippen LogP contribution is 2.34. The van der Waals surface area contributed by atoms with Gasteiger partial charge in [0, 0.05) is 19.1 Å². The van der Waals surface area contributed by atoms with Gasteiger partial charge in [-0.2, -0.15) is 0 Å². The fraction of sp³-hybridized carbons (Fsp3) is 1.00. The molecule has 0 saturated heterocycles. The van der Waals surface area contributed by atoms with Crippen LogP contribution in [-0.4, -0.2) is 49.3 Å². The Morgan fingerprint density at radius 3 is 2.55 bits per heavy atom. The number of nitrogens with zero attached hydrogens (tertiary/aromatic N) is 1. The van der Waals surface area contributed by atoms with Crippen LogP contribution in [0.3, 0.4) is 0 Å². The summed E-state index contributed by atoms with van der Waals surface area (Å²) in [6, 6.07) is 0.660. The summed E-state index contributed by atoms with van der Waals surface area (Å²) in [7, 11) is 2.11. The minimum Gasteiger partial charge on any atom is -0.395 e. The van der Waals surface area contributed by atoms with Crippen LogP contribution < -0.4 is 5.32 Å². The van der Waals surface area contributed by atoms with Crippen LogP contribution in [0.5, 0.6) is 0 Å². The lowest BCUT2D eigenvalue weighted by molar-refractivity contribution is 0.111. The topological polar surface area (TPSA) is 35.5 Å². The molecule has 3 atom stereocenters. The van der Waals surface area contributed by atoms with Crippen molar-refractivity contribution in [1.29, 1.82) is 0 Å². The smallest absolute Gasteiger partial charge is 0.0558 e. The quantitative estimate of drug-likeness (QED) is 0.683. The first kappa shape index (κ1) is 17.9. The Labute approximate surface area is 126 Å². The molecule has 0 heterocycles. The van der Waals surface area contributed by atoms with Gasteiger partial charge in [0.1, 0.15) is 0 Å². The molecule has 0 amide bonds. The third kappa shape index (κ3) is 5.71. The maximum Gasteiger partial charge on any atom is 0.0558 e. The van der Waals surface area contributed by atoms with Gasteiger partial charge in [0.05, 0.1) is 6.61 Å². The van der Waals surface area contributed by atoms with Gasteiger partial charge in [-0.3, -0.25) is 0 Å². The highest BCUT2D eigenvalue weighted by Gasteiger charge is 2.31. The average molecular weight is 284 g/mol. The van der Waals surface area contributed by atoms with Crippen LogP contribution >= 0.6 is 0 Å². The third-order valence-corrected chi connectivity index (χ3v) is 5.07. The Balaban J connectivity index is 2.57. The van der Waals surface area contributed by atoms with Gasteiger partial charge < -0.3 is 15.3 Å². The normalized spacial score (nSPS) is 27.4. The molecule has 1 aliphatic carbocycles. The molecule has 2 N–H and O–H groups in total. The summed E-state index contributed by atoms with van der Waals surface area (Å²) in [5, 5.41) is 12.8. The molecular weight excluding hydrogens is 248 g/mol. The second kappa shape index (κ2) is 9.75. The molecule has 0 aromatic heterocycles. The Hall–Kier alpha value is -0.120. The predicted octanol–water partition coefficient (Wildman–Crippen LogP) is 2.74. The third-order valence-electron chi connectivity index (χ3n) is 5.07. The molecule has 20 heavy (non-hydrogen) atoms. The van der Waals surface area contributed by atoms with E-state index in [4.69, 9.17) is 0 Å². The van der Waals surface area contributed by atoms with E-state index in [-0.39, 0.29) is 6.61 Å². The van der Waals surface area contributed by atoms with E-state index in [1.54, 1.807) is 0 Å². The summed E-state index contributed by atoms with van der Waals surface area (Å²) < 4.78 is 0. The predicted molar refractivity (Wildman–Crippen MR) is 87.0 cm³/mol. The van der Waals surface area contributed by atoms with Crippen molar-refractivity contribution in [3.63, 3.8) is 0 Å². The average Bonchev–Trinajstić information content (AvgIpc) is 2.44. The SMILES string of the molecule is CCCCN(CCO)CC1CC(C(C)C)CCC1NC. The summed E-state index contributed by atoms with van der Waals surface area (Å²) in [5.41, 5.74) is 0. The van der Waals surface area contributed by atoms with Crippen molar-refractivity contribution in [2.75, 3.05) is 33.3 Å². The highest BCUT2D eigenvalue weighted by molar-refractivity contribution is 4.87. The van der Waals surface area contributed by atoms with Crippen molar-refractivity contribution in [1.82, 2.24) is 10.2 Å². The fourth-order valence-corrected chi connectivity index (χ4v) is 3.64. The minimum atomic E-state index is 0.286. The monoisotopic (exact) mass is 284 g/mol. The molecule has 0 aromatic carbocycles. The zero-order chi connectivity index (χ0) is 15.0. The van der Waals surface area contributed by atoms with Crippen molar-refractivity contribution in [3.05, 3.63) is 0 Å². The number of rotatable bonds is 9. The number of aliphatic hydroxyl groups excluding tert-OH is 1. The lowest BCUT2D eigenvalue weighted by Crippen LogP contribution is -2.46. The standard InChI is InChI=1S/C17H36N2O/c1-5-6-9-19(10-11-20)13-16-12-15(14(2)3)7-8-17(16)18-4/h14-18,20H,5-13H2,1-4H3. The Kier molecular flexibility index (Phi) is 8.74. The van der Waals surface area contributed by atoms with Gasteiger partial charge in [0.2, 0.25) is 0 Å². The molecule has 3 nitrogen and oxygen atoms in total. The first-order valence-electron chi connectivity index (χ1n) is 8.62. The van der Waals surface area contributed by atoms with Crippen LogP contribution in [0.2, 0.25) is 0 Å². The molecule has 3 unspecified atom stereocenters. The van der Waals surface area contributed by atoms with E-state index in [1.165, 1.54) is 32.1 Å². The fourth-order valence-electron chi connectivity index (χ4n) is 3.64. The van der Waals surface area contributed by atoms with E-state index in [1.807, 2.05) is 0 Å². The van der Waals surface area contributed by atoms with Crippen LogP contribution in [0, 0.1) is 17.8 Å². The maximum absolute atomic E-state index is 9.27. The van der Waals surface area contributed by atoms with E-state index in [2.05, 4.69) is 38.0 Å². The van der Waals surface area contributed by atoms with Gasteiger partial charge >= 0.3 is 0 Å². The van der Waals surface area contributed by atoms with Gasteiger partial charge in [-0.15, -0.1) is 0 Å². The van der Waals surface area contributed by atoms with Gasteiger partial charge in [-0.25, -0.2) is 0 Å². The van der Waals surface area contributed by atoms with Crippen molar-refractivity contribution in [3.8, 4) is 0 Å². The number of unbranched alkanes of at least 4 members (excludes halogenated alkanes) is 1. The van der Waals surface area contributed by atoms with E-state index in [0.29, 0.717) is 6.04 Å². The van der Waals surface area contributed by atoms with E-state index in [9.17, 15) is 5.11 Å². The molecule has 1 rings (SSSR count). The lowest BCUT2D eigenvalue weighted by atomic mass is 9.73. The van der Waals surface area contributed by atoms with Crippen LogP contribution in [0.4, 0.5) is 0 Å². The van der Waals surface area contributed by atoms with Gasteiger partial charge in [0.15, 0.2) is 0 Å². The van der Waals surface area contributed by atoms with Crippen LogP contribution in [0.1, 0.15) is 52.9 Å². The molecule has 120 valence electrons. The van der Waals surface area contributed by atoms with Crippen LogP contribution in [-0.2, 0) is 0 Å². The molecule has 0 aromatic rings. The maximum atomic E-state index is 9.27. The molecule has 1 saturated carbocycles. The second-order valence-corrected chi connectivity index (χ2v) is 6.85. The lowest BCUT2D eigenvalue weighted by Gasteiger charge is -2.40. The molecule has 1 fully saturated rings. The zero-order valence-electron chi connectivity index (χ0n) is 14.1. The molecule has 0 spiro atoms. The Bertz CT molecular complexity index is 245. The van der Waals surface area contributed by atoms with Crippen molar-refractivity contribution >= 4 is 0 Å². The Morgan fingerprint density at radius 1 is 1.25 bits per heavy atom. The molecule has 3 heteroatoms. The van der Waals surface area contributed by atoms with Gasteiger partial charge in [0.25, 0.3) is 0 Å². The summed E-state index contributed by atoms with van der Waals surface area (Å²) in [4.78, 5) is 2.47. The Morgan fingerprint density at radius 2 is 2.00 bits per heavy atom. The number of aliphatic hydroxyl groups is 1. The first-order valence-corrected chi connectivity index (χ1v) is 8.62. The van der Waals surface area contributed by atoms with Crippen molar-refractivity contribution in [2.24, 2.45) is 17.8 Å². The molecular formula is C17H36N2O. The van der Waals surface area contributed by atoms with Crippen LogP contribution in [0.25, 0.3) is 0 Å². The summed E-state index contributed by atoms with van der Waals surface area (Å²) in [5.74, 6) is 2.42. The van der Waals surface area contributed by atoms with E-state index in [0.717, 1.165) is 37.4 Å².